The molecule has 1 heterocycles. The van der Waals surface area contributed by atoms with E-state index in [9.17, 15) is 10.1 Å². The van der Waals surface area contributed by atoms with Crippen molar-refractivity contribution in [2.45, 2.75) is 26.3 Å². The van der Waals surface area contributed by atoms with Crippen LogP contribution >= 0.6 is 15.9 Å². The summed E-state index contributed by atoms with van der Waals surface area (Å²) in [5.41, 5.74) is 0. The van der Waals surface area contributed by atoms with Crippen LogP contribution in [0.5, 0.6) is 0 Å². The van der Waals surface area contributed by atoms with Crippen LogP contribution in [0.3, 0.4) is 0 Å². The fourth-order valence-corrected chi connectivity index (χ4v) is 1.58. The molecule has 14 heavy (non-hydrogen) atoms. The van der Waals surface area contributed by atoms with Crippen molar-refractivity contribution < 1.29 is 4.92 Å². The van der Waals surface area contributed by atoms with Crippen LogP contribution in [0.15, 0.2) is 6.20 Å². The smallest absolute Gasteiger partial charge is 0.358 e. The lowest BCUT2D eigenvalue weighted by Crippen LogP contribution is -1.99. The first-order valence-corrected chi connectivity index (χ1v) is 5.51. The molecule has 0 amide bonds. The first-order valence-electron chi connectivity index (χ1n) is 4.39. The molecule has 1 rings (SSSR count). The number of imidazole rings is 1. The zero-order valence-corrected chi connectivity index (χ0v) is 9.53. The topological polar surface area (TPSA) is 61.0 Å². The third-order valence-corrected chi connectivity index (χ3v) is 2.49. The molecule has 0 fully saturated rings. The van der Waals surface area contributed by atoms with Gasteiger partial charge in [-0.15, -0.1) is 0 Å². The molecule has 1 aromatic rings. The molecule has 0 aliphatic carbocycles. The highest BCUT2D eigenvalue weighted by atomic mass is 79.9. The summed E-state index contributed by atoms with van der Waals surface area (Å²) in [6, 6.07) is 0. The molecule has 0 saturated carbocycles. The third kappa shape index (κ3) is 2.80. The van der Waals surface area contributed by atoms with Crippen molar-refractivity contribution in [3.8, 4) is 0 Å². The molecule has 6 heteroatoms. The van der Waals surface area contributed by atoms with Gasteiger partial charge in [0.05, 0.1) is 0 Å². The molecule has 0 saturated heterocycles. The highest BCUT2D eigenvalue weighted by Gasteiger charge is 2.13. The molecular weight excluding hydrogens is 250 g/mol. The Morgan fingerprint density at radius 1 is 1.64 bits per heavy atom. The van der Waals surface area contributed by atoms with Crippen LogP contribution in [0.25, 0.3) is 0 Å². The number of unbranched alkanes of at least 4 members (excludes halogenated alkanes) is 1. The second kappa shape index (κ2) is 5.09. The predicted octanol–water partition coefficient (Wildman–Crippen LogP) is 2.27. The molecule has 0 spiro atoms. The zero-order chi connectivity index (χ0) is 10.6. The quantitative estimate of drug-likeness (QED) is 0.354. The molecule has 1 aromatic heterocycles. The van der Waals surface area contributed by atoms with E-state index in [1.54, 1.807) is 6.92 Å². The van der Waals surface area contributed by atoms with Gasteiger partial charge in [-0.2, -0.15) is 0 Å². The maximum Gasteiger partial charge on any atom is 0.381 e. The second-order valence-electron chi connectivity index (χ2n) is 2.99. The molecule has 0 atom stereocenters. The van der Waals surface area contributed by atoms with Crippen molar-refractivity contribution in [1.82, 2.24) is 9.55 Å². The number of alkyl halides is 1. The Kier molecular flexibility index (Phi) is 4.06. The summed E-state index contributed by atoms with van der Waals surface area (Å²) in [6.45, 7) is 2.57. The van der Waals surface area contributed by atoms with Crippen LogP contribution in [0, 0.1) is 17.0 Å². The fraction of sp³-hybridized carbons (Fsp3) is 0.625. The van der Waals surface area contributed by atoms with E-state index in [1.165, 1.54) is 6.20 Å². The van der Waals surface area contributed by atoms with E-state index in [1.807, 2.05) is 4.57 Å². The van der Waals surface area contributed by atoms with Gasteiger partial charge in [0.15, 0.2) is 0 Å². The lowest BCUT2D eigenvalue weighted by Gasteiger charge is -1.99. The van der Waals surface area contributed by atoms with Crippen molar-refractivity contribution in [3.05, 3.63) is 22.1 Å². The first kappa shape index (κ1) is 11.2. The van der Waals surface area contributed by atoms with Gasteiger partial charge in [-0.1, -0.05) is 15.9 Å². The molecule has 0 aromatic carbocycles. The molecular formula is C8H12BrN3O2. The van der Waals surface area contributed by atoms with Gasteiger partial charge in [-0.3, -0.25) is 0 Å². The lowest BCUT2D eigenvalue weighted by molar-refractivity contribution is -0.389. The van der Waals surface area contributed by atoms with E-state index >= 15 is 0 Å². The predicted molar refractivity (Wildman–Crippen MR) is 56.6 cm³/mol. The SMILES string of the molecule is Cc1nc([N+](=O)[O-])cn1CCCCBr. The zero-order valence-electron chi connectivity index (χ0n) is 7.94. The minimum Gasteiger partial charge on any atom is -0.358 e. The Morgan fingerprint density at radius 3 is 2.86 bits per heavy atom. The standard InChI is InChI=1S/C8H12BrN3O2/c1-7-10-8(12(13)14)6-11(7)5-3-2-4-9/h6H,2-5H2,1H3. The van der Waals surface area contributed by atoms with Crippen molar-refractivity contribution in [1.29, 1.82) is 0 Å². The Labute approximate surface area is 90.4 Å². The molecule has 0 aliphatic heterocycles. The van der Waals surface area contributed by atoms with Gasteiger partial charge >= 0.3 is 5.82 Å². The Morgan fingerprint density at radius 2 is 2.36 bits per heavy atom. The van der Waals surface area contributed by atoms with E-state index in [-0.39, 0.29) is 5.82 Å². The van der Waals surface area contributed by atoms with E-state index in [0.29, 0.717) is 5.82 Å². The van der Waals surface area contributed by atoms with Gasteiger partial charge in [0.25, 0.3) is 0 Å². The number of halogens is 1. The number of aromatic nitrogens is 2. The van der Waals surface area contributed by atoms with Crippen LogP contribution in [-0.2, 0) is 6.54 Å². The summed E-state index contributed by atoms with van der Waals surface area (Å²) in [5.74, 6) is 0.632. The number of hydrogen-bond donors (Lipinski definition) is 0. The minimum atomic E-state index is -0.464. The highest BCUT2D eigenvalue weighted by Crippen LogP contribution is 2.11. The fourth-order valence-electron chi connectivity index (χ4n) is 1.18. The monoisotopic (exact) mass is 261 g/mol. The van der Waals surface area contributed by atoms with Crippen LogP contribution in [0.4, 0.5) is 5.82 Å². The van der Waals surface area contributed by atoms with Crippen molar-refractivity contribution in [2.75, 3.05) is 5.33 Å². The Bertz CT molecular complexity index is 324. The van der Waals surface area contributed by atoms with Crippen LogP contribution in [0.1, 0.15) is 18.7 Å². The summed E-state index contributed by atoms with van der Waals surface area (Å²) >= 11 is 3.34. The summed E-state index contributed by atoms with van der Waals surface area (Å²) in [5, 5.41) is 11.4. The maximum absolute atomic E-state index is 10.4. The number of nitro groups is 1. The molecule has 5 nitrogen and oxygen atoms in total. The molecule has 0 bridgehead atoms. The summed E-state index contributed by atoms with van der Waals surface area (Å²) in [4.78, 5) is 13.8. The van der Waals surface area contributed by atoms with Crippen LogP contribution < -0.4 is 0 Å². The Balaban J connectivity index is 2.63. The summed E-state index contributed by atoms with van der Waals surface area (Å²) in [6.07, 6.45) is 3.55. The third-order valence-electron chi connectivity index (χ3n) is 1.93. The number of hydrogen-bond acceptors (Lipinski definition) is 3. The van der Waals surface area contributed by atoms with Crippen molar-refractivity contribution in [2.24, 2.45) is 0 Å². The number of aryl methyl sites for hydroxylation is 2. The van der Waals surface area contributed by atoms with Crippen molar-refractivity contribution in [3.63, 3.8) is 0 Å². The normalized spacial score (nSPS) is 10.4. The maximum atomic E-state index is 10.4. The lowest BCUT2D eigenvalue weighted by atomic mass is 10.3. The van der Waals surface area contributed by atoms with Gasteiger partial charge in [0.1, 0.15) is 6.20 Å². The van der Waals surface area contributed by atoms with E-state index < -0.39 is 4.92 Å². The first-order chi connectivity index (χ1) is 6.65. The largest absolute Gasteiger partial charge is 0.381 e. The van der Waals surface area contributed by atoms with Gasteiger partial charge in [0, 0.05) is 18.8 Å². The summed E-state index contributed by atoms with van der Waals surface area (Å²) in [7, 11) is 0. The molecule has 0 unspecified atom stereocenters. The summed E-state index contributed by atoms with van der Waals surface area (Å²) < 4.78 is 1.82. The van der Waals surface area contributed by atoms with E-state index in [0.717, 1.165) is 24.7 Å². The molecule has 78 valence electrons. The molecule has 0 N–H and O–H groups in total. The second-order valence-corrected chi connectivity index (χ2v) is 3.79. The van der Waals surface area contributed by atoms with Crippen LogP contribution in [-0.4, -0.2) is 19.8 Å². The van der Waals surface area contributed by atoms with Gasteiger partial charge in [-0.05, 0) is 22.7 Å². The minimum absolute atomic E-state index is 0.0682. The average Bonchev–Trinajstić information content (AvgIpc) is 2.49. The van der Waals surface area contributed by atoms with Gasteiger partial charge in [0.2, 0.25) is 5.82 Å². The molecule has 0 aliphatic rings. The number of rotatable bonds is 5. The van der Waals surface area contributed by atoms with Gasteiger partial charge < -0.3 is 14.7 Å². The van der Waals surface area contributed by atoms with Crippen molar-refractivity contribution >= 4 is 21.7 Å². The molecule has 0 radical (unpaired) electrons. The Hall–Kier alpha value is -0.910. The van der Waals surface area contributed by atoms with Crippen LogP contribution in [0.2, 0.25) is 0 Å². The number of nitrogens with zero attached hydrogens (tertiary/aromatic N) is 3. The van der Waals surface area contributed by atoms with E-state index in [4.69, 9.17) is 0 Å². The van der Waals surface area contributed by atoms with E-state index in [2.05, 4.69) is 20.9 Å². The average molecular weight is 262 g/mol. The highest BCUT2D eigenvalue weighted by molar-refractivity contribution is 9.09. The van der Waals surface area contributed by atoms with Gasteiger partial charge in [-0.25, -0.2) is 0 Å².